The first-order valence-corrected chi connectivity index (χ1v) is 17.4. The predicted molar refractivity (Wildman–Crippen MR) is 179 cm³/mol. The van der Waals surface area contributed by atoms with Crippen LogP contribution in [0.3, 0.4) is 0 Å². The molecule has 0 aliphatic carbocycles. The van der Waals surface area contributed by atoms with Crippen molar-refractivity contribution in [1.82, 2.24) is 4.57 Å². The number of aromatic nitrogens is 1. The summed E-state index contributed by atoms with van der Waals surface area (Å²) < 4.78 is 32.5. The van der Waals surface area contributed by atoms with E-state index in [1.165, 1.54) is 0 Å². The van der Waals surface area contributed by atoms with Crippen molar-refractivity contribution >= 4 is 67.9 Å². The van der Waals surface area contributed by atoms with Gasteiger partial charge in [-0.05, 0) is 36.4 Å². The van der Waals surface area contributed by atoms with E-state index < -0.39 is 14.3 Å². The number of hydrogen-bond acceptors (Lipinski definition) is 2. The Morgan fingerprint density at radius 1 is 0.381 bits per heavy atom. The van der Waals surface area contributed by atoms with Gasteiger partial charge < -0.3 is 13.7 Å². The van der Waals surface area contributed by atoms with E-state index in [0.29, 0.717) is 0 Å². The van der Waals surface area contributed by atoms with Crippen molar-refractivity contribution in [3.8, 4) is 0 Å². The topological polar surface area (TPSA) is 39.1 Å². The van der Waals surface area contributed by atoms with E-state index >= 15 is 9.13 Å². The monoisotopic (exact) mass is 581 g/mol. The van der Waals surface area contributed by atoms with Crippen LogP contribution in [0.5, 0.6) is 0 Å². The van der Waals surface area contributed by atoms with Crippen molar-refractivity contribution < 1.29 is 9.13 Å². The summed E-state index contributed by atoms with van der Waals surface area (Å²) in [6.07, 6.45) is 0. The first-order chi connectivity index (χ1) is 20.5. The lowest BCUT2D eigenvalue weighted by molar-refractivity contribution is 0.591. The largest absolute Gasteiger partial charge is 0.344 e. The van der Waals surface area contributed by atoms with Gasteiger partial charge in [0.15, 0.2) is 14.3 Å². The third-order valence-corrected chi connectivity index (χ3v) is 14.3. The average Bonchev–Trinajstić information content (AvgIpc) is 3.36. The fourth-order valence-electron chi connectivity index (χ4n) is 6.03. The molecule has 0 radical (unpaired) electrons. The number of fused-ring (bicyclic) bond motifs is 3. The molecule has 0 saturated carbocycles. The van der Waals surface area contributed by atoms with E-state index in [4.69, 9.17) is 0 Å². The van der Waals surface area contributed by atoms with E-state index in [2.05, 4.69) is 28.8 Å². The third kappa shape index (κ3) is 4.12. The van der Waals surface area contributed by atoms with Gasteiger partial charge in [0.05, 0.1) is 0 Å². The molecule has 6 aromatic carbocycles. The minimum Gasteiger partial charge on any atom is -0.344 e. The fraction of sp³-hybridized carbons (Fsp3) is 0.0270. The van der Waals surface area contributed by atoms with Crippen LogP contribution in [0, 0.1) is 0 Å². The summed E-state index contributed by atoms with van der Waals surface area (Å²) in [5, 5.41) is 6.74. The molecule has 0 aliphatic rings. The molecule has 204 valence electrons. The summed E-state index contributed by atoms with van der Waals surface area (Å²) in [7, 11) is -4.26. The van der Waals surface area contributed by atoms with Crippen molar-refractivity contribution in [3.63, 3.8) is 0 Å². The molecule has 7 rings (SSSR count). The van der Waals surface area contributed by atoms with Crippen LogP contribution < -0.4 is 31.8 Å². The van der Waals surface area contributed by atoms with E-state index in [0.717, 1.165) is 53.6 Å². The van der Waals surface area contributed by atoms with Crippen LogP contribution in [0.2, 0.25) is 0 Å². The minimum absolute atomic E-state index is 0.777. The van der Waals surface area contributed by atoms with Gasteiger partial charge in [-0.25, -0.2) is 0 Å². The van der Waals surface area contributed by atoms with Crippen molar-refractivity contribution in [3.05, 3.63) is 158 Å². The maximum Gasteiger partial charge on any atom is 0.171 e. The molecule has 3 nitrogen and oxygen atoms in total. The van der Waals surface area contributed by atoms with Gasteiger partial charge in [-0.15, -0.1) is 0 Å². The quantitative estimate of drug-likeness (QED) is 0.208. The smallest absolute Gasteiger partial charge is 0.171 e. The van der Waals surface area contributed by atoms with Crippen LogP contribution in [0.25, 0.3) is 21.8 Å². The van der Waals surface area contributed by atoms with E-state index in [9.17, 15) is 0 Å². The van der Waals surface area contributed by atoms with Gasteiger partial charge in [0.25, 0.3) is 0 Å². The summed E-state index contributed by atoms with van der Waals surface area (Å²) >= 11 is 0. The molecule has 1 heterocycles. The van der Waals surface area contributed by atoms with Crippen molar-refractivity contribution in [1.29, 1.82) is 0 Å². The highest BCUT2D eigenvalue weighted by molar-refractivity contribution is 7.85. The Balaban J connectivity index is 1.50. The first-order valence-electron chi connectivity index (χ1n) is 14.0. The Morgan fingerprint density at radius 3 is 0.952 bits per heavy atom. The summed E-state index contributed by atoms with van der Waals surface area (Å²) in [4.78, 5) is 0. The summed E-state index contributed by atoms with van der Waals surface area (Å²) in [5.74, 6) is 0. The second-order valence-corrected chi connectivity index (χ2v) is 16.1. The fourth-order valence-corrected chi connectivity index (χ4v) is 11.4. The van der Waals surface area contributed by atoms with Gasteiger partial charge in [0, 0.05) is 60.7 Å². The Labute approximate surface area is 245 Å². The second kappa shape index (κ2) is 10.4. The third-order valence-electron chi connectivity index (χ3n) is 8.18. The Hall–Kier alpha value is -4.42. The predicted octanol–water partition coefficient (Wildman–Crippen LogP) is 6.61. The van der Waals surface area contributed by atoms with Crippen LogP contribution in [0.1, 0.15) is 0 Å². The molecule has 5 heteroatoms. The second-order valence-electron chi connectivity index (χ2n) is 10.5. The molecule has 1 aromatic heterocycles. The Morgan fingerprint density at radius 2 is 0.667 bits per heavy atom. The zero-order valence-electron chi connectivity index (χ0n) is 23.2. The molecule has 7 aromatic rings. The zero-order chi connectivity index (χ0) is 28.7. The molecule has 0 fully saturated rings. The van der Waals surface area contributed by atoms with Gasteiger partial charge in [0.1, 0.15) is 0 Å². The number of nitrogens with zero attached hydrogens (tertiary/aromatic N) is 1. The highest BCUT2D eigenvalue weighted by Gasteiger charge is 2.32. The molecule has 0 N–H and O–H groups in total. The molecule has 0 unspecified atom stereocenters. The Bertz CT molecular complexity index is 1900. The van der Waals surface area contributed by atoms with Crippen LogP contribution in [-0.4, -0.2) is 4.57 Å². The lowest BCUT2D eigenvalue weighted by atomic mass is 10.1. The summed E-state index contributed by atoms with van der Waals surface area (Å²) in [6.45, 7) is 0. The van der Waals surface area contributed by atoms with Crippen molar-refractivity contribution in [2.75, 3.05) is 0 Å². The van der Waals surface area contributed by atoms with Gasteiger partial charge >= 0.3 is 0 Å². The molecule has 0 amide bonds. The lowest BCUT2D eigenvalue weighted by Gasteiger charge is -2.20. The molecular formula is C37H29NO2P2. The number of aryl methyl sites for hydroxylation is 1. The van der Waals surface area contributed by atoms with Gasteiger partial charge in [-0.1, -0.05) is 121 Å². The number of rotatable bonds is 6. The van der Waals surface area contributed by atoms with Gasteiger partial charge in [-0.2, -0.15) is 0 Å². The highest BCUT2D eigenvalue weighted by atomic mass is 31.2. The van der Waals surface area contributed by atoms with Crippen LogP contribution >= 0.6 is 14.3 Å². The maximum atomic E-state index is 15.1. The van der Waals surface area contributed by atoms with Gasteiger partial charge in [-0.3, -0.25) is 0 Å². The average molecular weight is 582 g/mol. The lowest BCUT2D eigenvalue weighted by Crippen LogP contribution is -2.25. The van der Waals surface area contributed by atoms with Gasteiger partial charge in [0.2, 0.25) is 0 Å². The highest BCUT2D eigenvalue weighted by Crippen LogP contribution is 2.45. The Kier molecular flexibility index (Phi) is 6.59. The minimum atomic E-state index is -3.15. The van der Waals surface area contributed by atoms with Crippen LogP contribution in [-0.2, 0) is 16.2 Å². The normalized spacial score (nSPS) is 12.1. The summed E-state index contributed by atoms with van der Waals surface area (Å²) in [6, 6.07) is 51.3. The molecule has 0 atom stereocenters. The molecule has 0 aliphatic heterocycles. The standard InChI is InChI=1S/C37H29NO2P2/c1-38-36-24-22-32(41(39,28-14-6-2-7-15-28)29-16-8-3-9-17-29)26-34(36)35-27-33(23-25-37(35)38)42(40,30-18-10-4-11-19-30)31-20-12-5-13-21-31/h2-27H,1H3. The first kappa shape index (κ1) is 26.5. The van der Waals surface area contributed by atoms with Crippen LogP contribution in [0.15, 0.2) is 158 Å². The zero-order valence-corrected chi connectivity index (χ0v) is 25.0. The molecule has 0 bridgehead atoms. The molecule has 0 saturated heterocycles. The SMILES string of the molecule is Cn1c2ccc(P(=O)(c3ccccc3)c3ccccc3)cc2c2cc(P(=O)(c3ccccc3)c3ccccc3)ccc21. The molecular weight excluding hydrogens is 552 g/mol. The van der Waals surface area contributed by atoms with E-state index in [-0.39, 0.29) is 0 Å². The molecule has 42 heavy (non-hydrogen) atoms. The summed E-state index contributed by atoms with van der Waals surface area (Å²) in [5.41, 5.74) is 2.07. The maximum absolute atomic E-state index is 15.1. The van der Waals surface area contributed by atoms with Crippen molar-refractivity contribution in [2.24, 2.45) is 7.05 Å². The van der Waals surface area contributed by atoms with Crippen molar-refractivity contribution in [2.45, 2.75) is 0 Å². The molecule has 0 spiro atoms. The number of hydrogen-bond donors (Lipinski definition) is 0. The van der Waals surface area contributed by atoms with E-state index in [1.807, 2.05) is 141 Å². The van der Waals surface area contributed by atoms with Crippen LogP contribution in [0.4, 0.5) is 0 Å². The number of benzene rings is 6. The van der Waals surface area contributed by atoms with E-state index in [1.54, 1.807) is 0 Å².